The number of hydrogen-bond acceptors (Lipinski definition) is 4. The molecule has 0 aromatic heterocycles. The van der Waals surface area contributed by atoms with E-state index in [0.717, 1.165) is 61.7 Å². The maximum absolute atomic E-state index is 11.8. The number of aliphatic imine (C=N–C) groups is 1. The molecule has 0 aliphatic heterocycles. The zero-order chi connectivity index (χ0) is 22.5. The smallest absolute Gasteiger partial charge is 0.220 e. The van der Waals surface area contributed by atoms with Gasteiger partial charge in [0.05, 0.1) is 19.3 Å². The van der Waals surface area contributed by atoms with Crippen molar-refractivity contribution in [2.75, 3.05) is 26.3 Å². The van der Waals surface area contributed by atoms with Gasteiger partial charge >= 0.3 is 0 Å². The second-order valence-electron chi connectivity index (χ2n) is 7.98. The van der Waals surface area contributed by atoms with E-state index in [2.05, 4.69) is 47.8 Å². The number of carbonyl (C=O) groups excluding carboxylic acids is 1. The lowest BCUT2D eigenvalue weighted by Gasteiger charge is -2.20. The molecule has 0 radical (unpaired) electrons. The molecule has 0 saturated heterocycles. The molecular weight excluding hydrogens is 392 g/mol. The number of ether oxygens (including phenoxy) is 2. The van der Waals surface area contributed by atoms with Gasteiger partial charge in [0, 0.05) is 25.6 Å². The molecule has 31 heavy (non-hydrogen) atoms. The van der Waals surface area contributed by atoms with Crippen LogP contribution in [-0.2, 0) is 4.79 Å². The van der Waals surface area contributed by atoms with Crippen LogP contribution in [0.4, 0.5) is 0 Å². The average molecular weight is 433 g/mol. The lowest BCUT2D eigenvalue weighted by molar-refractivity contribution is -0.121. The van der Waals surface area contributed by atoms with Crippen molar-refractivity contribution in [3.8, 4) is 11.5 Å². The number of hydrogen-bond donors (Lipinski definition) is 3. The molecule has 1 aliphatic rings. The first kappa shape index (κ1) is 24.8. The van der Waals surface area contributed by atoms with Gasteiger partial charge < -0.3 is 25.4 Å². The highest BCUT2D eigenvalue weighted by Gasteiger charge is 2.22. The Bertz CT molecular complexity index is 704. The Morgan fingerprint density at radius 3 is 2.48 bits per heavy atom. The van der Waals surface area contributed by atoms with Crippen LogP contribution < -0.4 is 25.4 Å². The number of guanidine groups is 1. The van der Waals surface area contributed by atoms with Gasteiger partial charge in [0.15, 0.2) is 17.5 Å². The van der Waals surface area contributed by atoms with E-state index in [1.165, 1.54) is 0 Å². The first-order valence-corrected chi connectivity index (χ1v) is 11.8. The number of amides is 1. The zero-order valence-corrected chi connectivity index (χ0v) is 19.6. The molecule has 1 amide bonds. The number of carbonyl (C=O) groups is 1. The second-order valence-corrected chi connectivity index (χ2v) is 7.98. The maximum atomic E-state index is 11.8. The van der Waals surface area contributed by atoms with Gasteiger partial charge in [0.2, 0.25) is 5.91 Å². The summed E-state index contributed by atoms with van der Waals surface area (Å²) in [6, 6.07) is 6.55. The summed E-state index contributed by atoms with van der Waals surface area (Å²) in [4.78, 5) is 16.4. The number of nitrogens with zero attached hydrogens (tertiary/aromatic N) is 1. The van der Waals surface area contributed by atoms with Crippen LogP contribution in [-0.4, -0.2) is 44.2 Å². The van der Waals surface area contributed by atoms with Crippen molar-refractivity contribution in [2.24, 2.45) is 4.99 Å². The fourth-order valence-electron chi connectivity index (χ4n) is 3.02. The van der Waals surface area contributed by atoms with Gasteiger partial charge in [0.25, 0.3) is 0 Å². The first-order chi connectivity index (χ1) is 15.1. The Labute approximate surface area is 187 Å². The average Bonchev–Trinajstić information content (AvgIpc) is 3.57. The van der Waals surface area contributed by atoms with E-state index in [4.69, 9.17) is 9.47 Å². The maximum Gasteiger partial charge on any atom is 0.220 e. The Balaban J connectivity index is 1.94. The van der Waals surface area contributed by atoms with E-state index in [1.807, 2.05) is 19.1 Å². The van der Waals surface area contributed by atoms with E-state index < -0.39 is 0 Å². The topological polar surface area (TPSA) is 84.0 Å². The summed E-state index contributed by atoms with van der Waals surface area (Å²) in [7, 11) is 0. The van der Waals surface area contributed by atoms with Crippen molar-refractivity contribution in [3.05, 3.63) is 23.8 Å². The minimum Gasteiger partial charge on any atom is -0.490 e. The van der Waals surface area contributed by atoms with Crippen molar-refractivity contribution in [1.29, 1.82) is 0 Å². The van der Waals surface area contributed by atoms with Crippen LogP contribution in [0, 0.1) is 0 Å². The summed E-state index contributed by atoms with van der Waals surface area (Å²) in [5, 5.41) is 9.75. The number of nitrogens with one attached hydrogen (secondary N) is 3. The van der Waals surface area contributed by atoms with Crippen LogP contribution in [0.5, 0.6) is 11.5 Å². The second kappa shape index (κ2) is 13.8. The molecule has 1 aromatic rings. The summed E-state index contributed by atoms with van der Waals surface area (Å²) < 4.78 is 11.8. The van der Waals surface area contributed by atoms with E-state index >= 15 is 0 Å². The Morgan fingerprint density at radius 2 is 1.84 bits per heavy atom. The highest BCUT2D eigenvalue weighted by Crippen LogP contribution is 2.31. The third-order valence-electron chi connectivity index (χ3n) is 4.86. The summed E-state index contributed by atoms with van der Waals surface area (Å²) >= 11 is 0. The van der Waals surface area contributed by atoms with Gasteiger partial charge in [-0.25, -0.2) is 0 Å². The molecule has 2 rings (SSSR count). The molecule has 1 atom stereocenters. The molecule has 1 aliphatic carbocycles. The fourth-order valence-corrected chi connectivity index (χ4v) is 3.02. The number of benzene rings is 1. The van der Waals surface area contributed by atoms with Gasteiger partial charge in [-0.15, -0.1) is 0 Å². The zero-order valence-electron chi connectivity index (χ0n) is 19.6. The predicted molar refractivity (Wildman–Crippen MR) is 126 cm³/mol. The lowest BCUT2D eigenvalue weighted by Crippen LogP contribution is -2.38. The molecule has 0 heterocycles. The highest BCUT2D eigenvalue weighted by molar-refractivity contribution is 5.80. The third-order valence-corrected chi connectivity index (χ3v) is 4.86. The molecule has 1 saturated carbocycles. The summed E-state index contributed by atoms with van der Waals surface area (Å²) in [5.41, 5.74) is 1.10. The van der Waals surface area contributed by atoms with Crippen LogP contribution in [0.15, 0.2) is 23.2 Å². The molecule has 7 nitrogen and oxygen atoms in total. The van der Waals surface area contributed by atoms with Crippen molar-refractivity contribution in [3.63, 3.8) is 0 Å². The van der Waals surface area contributed by atoms with Crippen LogP contribution in [0.1, 0.15) is 77.8 Å². The van der Waals surface area contributed by atoms with Crippen molar-refractivity contribution < 1.29 is 14.3 Å². The van der Waals surface area contributed by atoms with Gasteiger partial charge in [-0.3, -0.25) is 9.79 Å². The molecule has 0 spiro atoms. The van der Waals surface area contributed by atoms with E-state index in [1.54, 1.807) is 0 Å². The van der Waals surface area contributed by atoms with Crippen LogP contribution in [0.2, 0.25) is 0 Å². The standard InChI is InChI=1S/C24H40N4O3/c1-5-15-30-21-13-10-19(17-22(21)31-16-6-2)18(4)27-24(25-7-3)26-14-8-9-23(29)28-20-11-12-20/h10,13,17-18,20H,5-9,11-12,14-16H2,1-4H3,(H,28,29)(H2,25,26,27). The van der Waals surface area contributed by atoms with E-state index in [0.29, 0.717) is 32.2 Å². The van der Waals surface area contributed by atoms with E-state index in [-0.39, 0.29) is 11.9 Å². The van der Waals surface area contributed by atoms with Crippen LogP contribution in [0.3, 0.4) is 0 Å². The van der Waals surface area contributed by atoms with Crippen LogP contribution in [0.25, 0.3) is 0 Å². The monoisotopic (exact) mass is 432 g/mol. The number of rotatable bonds is 14. The summed E-state index contributed by atoms with van der Waals surface area (Å²) in [6.45, 7) is 11.0. The van der Waals surface area contributed by atoms with Gasteiger partial charge in [-0.2, -0.15) is 0 Å². The molecule has 1 fully saturated rings. The predicted octanol–water partition coefficient (Wildman–Crippen LogP) is 3.94. The molecule has 0 bridgehead atoms. The normalized spacial score (nSPS) is 14.6. The fraction of sp³-hybridized carbons (Fsp3) is 0.667. The van der Waals surface area contributed by atoms with Crippen molar-refractivity contribution >= 4 is 11.9 Å². The SMILES string of the molecule is CCCOc1ccc(C(C)NC(=NCCCC(=O)NC2CC2)NCC)cc1OCCC. The highest BCUT2D eigenvalue weighted by atomic mass is 16.5. The molecule has 3 N–H and O–H groups in total. The Hall–Kier alpha value is -2.44. The molecule has 1 aromatic carbocycles. The van der Waals surface area contributed by atoms with Crippen molar-refractivity contribution in [1.82, 2.24) is 16.0 Å². The Morgan fingerprint density at radius 1 is 1.13 bits per heavy atom. The van der Waals surface area contributed by atoms with Gasteiger partial charge in [-0.05, 0) is 63.6 Å². The first-order valence-electron chi connectivity index (χ1n) is 11.8. The summed E-state index contributed by atoms with van der Waals surface area (Å²) in [6.07, 6.45) is 5.40. The Kier molecular flexibility index (Phi) is 11.0. The van der Waals surface area contributed by atoms with Gasteiger partial charge in [-0.1, -0.05) is 19.9 Å². The largest absolute Gasteiger partial charge is 0.490 e. The minimum atomic E-state index is 0.0418. The van der Waals surface area contributed by atoms with Crippen LogP contribution >= 0.6 is 0 Å². The van der Waals surface area contributed by atoms with Gasteiger partial charge in [0.1, 0.15) is 0 Å². The molecule has 174 valence electrons. The minimum absolute atomic E-state index is 0.0418. The third kappa shape index (κ3) is 9.49. The molecular formula is C24H40N4O3. The molecule has 1 unspecified atom stereocenters. The molecule has 7 heteroatoms. The summed E-state index contributed by atoms with van der Waals surface area (Å²) in [5.74, 6) is 2.45. The van der Waals surface area contributed by atoms with Crippen molar-refractivity contribution in [2.45, 2.75) is 78.3 Å². The van der Waals surface area contributed by atoms with E-state index in [9.17, 15) is 4.79 Å². The lowest BCUT2D eigenvalue weighted by atomic mass is 10.1. The quantitative estimate of drug-likeness (QED) is 0.236.